The third-order valence-electron chi connectivity index (χ3n) is 5.90. The molecule has 0 aliphatic carbocycles. The molecule has 0 bridgehead atoms. The smallest absolute Gasteiger partial charge is 0.239 e. The molecule has 4 rings (SSSR count). The molecule has 3 heterocycles. The molecule has 3 aromatic rings. The number of piperazine rings is 1. The van der Waals surface area contributed by atoms with Crippen molar-refractivity contribution in [1.82, 2.24) is 25.2 Å². The molecule has 2 aromatic heterocycles. The van der Waals surface area contributed by atoms with Crippen molar-refractivity contribution in [1.29, 1.82) is 0 Å². The number of nitrogens with zero attached hydrogens (tertiary/aromatic N) is 6. The lowest BCUT2D eigenvalue weighted by atomic mass is 10.1. The normalized spacial score (nSPS) is 13.4. The van der Waals surface area contributed by atoms with Crippen LogP contribution in [0.2, 0.25) is 0 Å². The van der Waals surface area contributed by atoms with E-state index >= 15 is 0 Å². The van der Waals surface area contributed by atoms with E-state index in [-0.39, 0.29) is 5.91 Å². The molecule has 1 N–H and O–H groups in total. The number of hydrogen-bond acceptors (Lipinski definition) is 8. The van der Waals surface area contributed by atoms with Crippen LogP contribution in [0.5, 0.6) is 11.6 Å². The Morgan fingerprint density at radius 3 is 2.41 bits per heavy atom. The second kappa shape index (κ2) is 10.9. The molecule has 0 atom stereocenters. The molecular formula is C25H31N7O2. The summed E-state index contributed by atoms with van der Waals surface area (Å²) in [5.74, 6) is 2.83. The highest BCUT2D eigenvalue weighted by Gasteiger charge is 2.12. The first-order valence-electron chi connectivity index (χ1n) is 11.4. The van der Waals surface area contributed by atoms with Gasteiger partial charge in [-0.1, -0.05) is 12.1 Å². The van der Waals surface area contributed by atoms with Crippen LogP contribution < -0.4 is 19.9 Å². The van der Waals surface area contributed by atoms with Crippen LogP contribution >= 0.6 is 0 Å². The van der Waals surface area contributed by atoms with E-state index in [9.17, 15) is 4.79 Å². The number of carbonyl (C=O) groups excluding carboxylic acids is 1. The van der Waals surface area contributed by atoms with Crippen molar-refractivity contribution >= 4 is 17.5 Å². The maximum absolute atomic E-state index is 11.4. The van der Waals surface area contributed by atoms with E-state index in [0.29, 0.717) is 30.5 Å². The topological polar surface area (TPSA) is 86.7 Å². The molecule has 9 heteroatoms. The van der Waals surface area contributed by atoms with Gasteiger partial charge in [-0.05, 0) is 29.8 Å². The summed E-state index contributed by atoms with van der Waals surface area (Å²) in [7, 11) is 3.69. The second-order valence-corrected chi connectivity index (χ2v) is 8.35. The SMILES string of the molecule is CC(=O)N(C)CCN(C)c1cncc(Oc2ccc(-c3ccc(N4CCNCC4)nc3)cc2)n1. The number of ether oxygens (including phenoxy) is 1. The Labute approximate surface area is 200 Å². The van der Waals surface area contributed by atoms with Gasteiger partial charge >= 0.3 is 0 Å². The van der Waals surface area contributed by atoms with Gasteiger partial charge in [0, 0.05) is 72.0 Å². The van der Waals surface area contributed by atoms with Gasteiger partial charge in [0.1, 0.15) is 11.6 Å². The number of pyridine rings is 1. The third-order valence-corrected chi connectivity index (χ3v) is 5.90. The fraction of sp³-hybridized carbons (Fsp3) is 0.360. The highest BCUT2D eigenvalue weighted by Crippen LogP contribution is 2.26. The van der Waals surface area contributed by atoms with Crippen LogP contribution in [-0.4, -0.2) is 79.1 Å². The number of benzene rings is 1. The Balaban J connectivity index is 1.37. The van der Waals surface area contributed by atoms with Gasteiger partial charge in [0.05, 0.1) is 12.4 Å². The summed E-state index contributed by atoms with van der Waals surface area (Å²) < 4.78 is 5.93. The van der Waals surface area contributed by atoms with Crippen molar-refractivity contribution < 1.29 is 9.53 Å². The number of aromatic nitrogens is 3. The summed E-state index contributed by atoms with van der Waals surface area (Å²) in [6, 6.07) is 12.0. The molecule has 1 aromatic carbocycles. The monoisotopic (exact) mass is 461 g/mol. The molecule has 9 nitrogen and oxygen atoms in total. The number of nitrogens with one attached hydrogen (secondary N) is 1. The van der Waals surface area contributed by atoms with Gasteiger partial charge in [0.2, 0.25) is 11.8 Å². The first-order chi connectivity index (χ1) is 16.5. The fourth-order valence-corrected chi connectivity index (χ4v) is 3.62. The number of rotatable bonds is 8. The van der Waals surface area contributed by atoms with Gasteiger partial charge in [0.25, 0.3) is 0 Å². The van der Waals surface area contributed by atoms with Gasteiger partial charge in [-0.15, -0.1) is 0 Å². The average Bonchev–Trinajstić information content (AvgIpc) is 2.88. The third kappa shape index (κ3) is 5.99. The Hall–Kier alpha value is -3.72. The van der Waals surface area contributed by atoms with Crippen LogP contribution in [0.3, 0.4) is 0 Å². The zero-order valence-electron chi connectivity index (χ0n) is 19.9. The van der Waals surface area contributed by atoms with Crippen LogP contribution in [0, 0.1) is 0 Å². The molecule has 0 spiro atoms. The zero-order chi connectivity index (χ0) is 23.9. The van der Waals surface area contributed by atoms with Crippen molar-refractivity contribution in [3.63, 3.8) is 0 Å². The molecule has 178 valence electrons. The maximum atomic E-state index is 11.4. The van der Waals surface area contributed by atoms with Gasteiger partial charge in [-0.25, -0.2) is 4.98 Å². The van der Waals surface area contributed by atoms with E-state index in [2.05, 4.69) is 37.3 Å². The second-order valence-electron chi connectivity index (χ2n) is 8.35. The van der Waals surface area contributed by atoms with Crippen LogP contribution in [0.4, 0.5) is 11.6 Å². The lowest BCUT2D eigenvalue weighted by Crippen LogP contribution is -2.43. The molecule has 1 aliphatic heterocycles. The van der Waals surface area contributed by atoms with Crippen molar-refractivity contribution in [3.8, 4) is 22.8 Å². The van der Waals surface area contributed by atoms with Crippen LogP contribution in [-0.2, 0) is 4.79 Å². The summed E-state index contributed by atoms with van der Waals surface area (Å²) in [5.41, 5.74) is 2.13. The molecule has 34 heavy (non-hydrogen) atoms. The average molecular weight is 462 g/mol. The van der Waals surface area contributed by atoms with Gasteiger partial charge in [0.15, 0.2) is 5.82 Å². The Kier molecular flexibility index (Phi) is 7.54. The number of anilines is 2. The molecule has 0 unspecified atom stereocenters. The summed E-state index contributed by atoms with van der Waals surface area (Å²) >= 11 is 0. The van der Waals surface area contributed by atoms with Crippen molar-refractivity contribution in [2.75, 3.05) is 63.2 Å². The largest absolute Gasteiger partial charge is 0.437 e. The van der Waals surface area contributed by atoms with Crippen LogP contribution in [0.15, 0.2) is 55.0 Å². The van der Waals surface area contributed by atoms with Crippen LogP contribution in [0.25, 0.3) is 11.1 Å². The first kappa shape index (κ1) is 23.4. The molecule has 1 fully saturated rings. The molecule has 0 radical (unpaired) electrons. The number of likely N-dealkylation sites (N-methyl/N-ethyl adjacent to an activating group) is 2. The summed E-state index contributed by atoms with van der Waals surface area (Å²) in [6.45, 7) is 6.74. The van der Waals surface area contributed by atoms with Crippen molar-refractivity contribution in [3.05, 3.63) is 55.0 Å². The quantitative estimate of drug-likeness (QED) is 0.548. The standard InChI is InChI=1S/C25H31N7O2/c1-19(33)30(2)14-15-31(3)24-17-27-18-25(29-24)34-22-7-4-20(5-8-22)21-6-9-23(28-16-21)32-12-10-26-11-13-32/h4-9,16-18,26H,10-15H2,1-3H3. The first-order valence-corrected chi connectivity index (χ1v) is 11.4. The van der Waals surface area contributed by atoms with E-state index < -0.39 is 0 Å². The predicted octanol–water partition coefficient (Wildman–Crippen LogP) is 2.66. The summed E-state index contributed by atoms with van der Waals surface area (Å²) in [4.78, 5) is 30.8. The minimum Gasteiger partial charge on any atom is -0.437 e. The summed E-state index contributed by atoms with van der Waals surface area (Å²) in [6.07, 6.45) is 5.19. The van der Waals surface area contributed by atoms with E-state index in [1.807, 2.05) is 42.4 Å². The van der Waals surface area contributed by atoms with E-state index in [1.165, 1.54) is 0 Å². The van der Waals surface area contributed by atoms with E-state index in [1.54, 1.807) is 31.3 Å². The highest BCUT2D eigenvalue weighted by molar-refractivity contribution is 5.72. The number of carbonyl (C=O) groups is 1. The maximum Gasteiger partial charge on any atom is 0.239 e. The van der Waals surface area contributed by atoms with Crippen molar-refractivity contribution in [2.24, 2.45) is 0 Å². The Bertz CT molecular complexity index is 1080. The zero-order valence-corrected chi connectivity index (χ0v) is 19.9. The van der Waals surface area contributed by atoms with Crippen LogP contribution in [0.1, 0.15) is 6.92 Å². The van der Waals surface area contributed by atoms with E-state index in [0.717, 1.165) is 43.1 Å². The lowest BCUT2D eigenvalue weighted by molar-refractivity contribution is -0.127. The number of hydrogen-bond donors (Lipinski definition) is 1. The number of amides is 1. The molecule has 1 saturated heterocycles. The van der Waals surface area contributed by atoms with E-state index in [4.69, 9.17) is 4.74 Å². The lowest BCUT2D eigenvalue weighted by Gasteiger charge is -2.28. The molecule has 1 amide bonds. The molecular weight excluding hydrogens is 430 g/mol. The van der Waals surface area contributed by atoms with Gasteiger partial charge in [-0.2, -0.15) is 4.98 Å². The minimum absolute atomic E-state index is 0.0336. The van der Waals surface area contributed by atoms with Gasteiger partial charge in [-0.3, -0.25) is 9.78 Å². The Morgan fingerprint density at radius 1 is 1.00 bits per heavy atom. The minimum atomic E-state index is 0.0336. The predicted molar refractivity (Wildman–Crippen MR) is 133 cm³/mol. The highest BCUT2D eigenvalue weighted by atomic mass is 16.5. The van der Waals surface area contributed by atoms with Gasteiger partial charge < -0.3 is 24.8 Å². The summed E-state index contributed by atoms with van der Waals surface area (Å²) in [5, 5.41) is 3.36. The molecule has 1 aliphatic rings. The Morgan fingerprint density at radius 2 is 1.74 bits per heavy atom. The van der Waals surface area contributed by atoms with Crippen molar-refractivity contribution in [2.45, 2.75) is 6.92 Å². The molecule has 0 saturated carbocycles. The fourth-order valence-electron chi connectivity index (χ4n) is 3.62.